The van der Waals surface area contributed by atoms with Gasteiger partial charge < -0.3 is 4.74 Å². The lowest BCUT2D eigenvalue weighted by Crippen LogP contribution is -2.16. The summed E-state index contributed by atoms with van der Waals surface area (Å²) in [5, 5.41) is 0. The molecule has 0 bridgehead atoms. The summed E-state index contributed by atoms with van der Waals surface area (Å²) in [6.45, 7) is 0. The van der Waals surface area contributed by atoms with Crippen LogP contribution >= 0.6 is 15.9 Å². The molecule has 2 rings (SSSR count). The highest BCUT2D eigenvalue weighted by Gasteiger charge is 2.30. The van der Waals surface area contributed by atoms with Crippen LogP contribution < -0.4 is 4.74 Å². The number of hydrogen-bond acceptors (Lipinski definition) is 3. The zero-order valence-corrected chi connectivity index (χ0v) is 11.5. The van der Waals surface area contributed by atoms with Crippen LogP contribution in [-0.2, 0) is 0 Å². The first kappa shape index (κ1) is 14.5. The topological polar surface area (TPSA) is 34.5 Å². The van der Waals surface area contributed by atoms with Gasteiger partial charge in [0.1, 0.15) is 5.75 Å². The third kappa shape index (κ3) is 4.65. The van der Waals surface area contributed by atoms with Crippen molar-refractivity contribution in [3.05, 3.63) is 52.6 Å². The van der Waals surface area contributed by atoms with Crippen LogP contribution in [0, 0.1) is 0 Å². The Morgan fingerprint density at radius 1 is 1.10 bits per heavy atom. The monoisotopic (exact) mass is 344 g/mol. The Bertz CT molecular complexity index is 595. The minimum Gasteiger partial charge on any atom is -0.406 e. The fraction of sp³-hybridized carbons (Fsp3) is 0.0769. The van der Waals surface area contributed by atoms with Crippen LogP contribution in [0.4, 0.5) is 19.0 Å². The number of pyridine rings is 1. The lowest BCUT2D eigenvalue weighted by atomic mass is 10.2. The van der Waals surface area contributed by atoms with Crippen molar-refractivity contribution >= 4 is 28.0 Å². The molecule has 0 fully saturated rings. The number of benzene rings is 1. The van der Waals surface area contributed by atoms with Gasteiger partial charge in [-0.1, -0.05) is 0 Å². The average Bonchev–Trinajstić information content (AvgIpc) is 2.38. The molecule has 0 atom stereocenters. The number of alkyl halides is 3. The third-order valence-electron chi connectivity index (χ3n) is 2.17. The fourth-order valence-electron chi connectivity index (χ4n) is 1.34. The molecule has 20 heavy (non-hydrogen) atoms. The van der Waals surface area contributed by atoms with E-state index in [2.05, 4.69) is 30.6 Å². The summed E-state index contributed by atoms with van der Waals surface area (Å²) < 4.78 is 40.6. The van der Waals surface area contributed by atoms with E-state index in [4.69, 9.17) is 0 Å². The molecule has 0 saturated heterocycles. The molecule has 0 spiro atoms. The number of hydrogen-bond donors (Lipinski definition) is 0. The van der Waals surface area contributed by atoms with Crippen LogP contribution in [0.5, 0.6) is 5.75 Å². The first-order valence-corrected chi connectivity index (χ1v) is 6.23. The van der Waals surface area contributed by atoms with Crippen molar-refractivity contribution < 1.29 is 17.9 Å². The van der Waals surface area contributed by atoms with Crippen LogP contribution in [0.15, 0.2) is 52.1 Å². The summed E-state index contributed by atoms with van der Waals surface area (Å²) in [4.78, 5) is 8.14. The van der Waals surface area contributed by atoms with Crippen molar-refractivity contribution in [2.75, 3.05) is 0 Å². The van der Waals surface area contributed by atoms with E-state index in [-0.39, 0.29) is 5.75 Å². The van der Waals surface area contributed by atoms with E-state index in [0.717, 1.165) is 4.47 Å². The van der Waals surface area contributed by atoms with E-state index >= 15 is 0 Å². The number of aromatic nitrogens is 1. The second-order valence-corrected chi connectivity index (χ2v) is 4.63. The van der Waals surface area contributed by atoms with Gasteiger partial charge in [0.2, 0.25) is 0 Å². The van der Waals surface area contributed by atoms with Crippen molar-refractivity contribution in [1.82, 2.24) is 4.98 Å². The Balaban J connectivity index is 2.05. The standard InChI is InChI=1S/C13H8BrF3N2O/c14-10-3-6-12(19-8-10)18-7-9-1-4-11(5-2-9)20-13(15,16)17/h1-8H/b18-7+. The molecule has 0 amide bonds. The van der Waals surface area contributed by atoms with Crippen molar-refractivity contribution in [3.63, 3.8) is 0 Å². The van der Waals surface area contributed by atoms with Crippen molar-refractivity contribution in [2.24, 2.45) is 4.99 Å². The van der Waals surface area contributed by atoms with Gasteiger partial charge in [-0.2, -0.15) is 0 Å². The second kappa shape index (κ2) is 6.04. The number of nitrogens with zero attached hydrogens (tertiary/aromatic N) is 2. The Kier molecular flexibility index (Phi) is 4.39. The van der Waals surface area contributed by atoms with Crippen LogP contribution in [0.2, 0.25) is 0 Å². The Labute approximate surface area is 121 Å². The predicted molar refractivity (Wildman–Crippen MR) is 72.3 cm³/mol. The number of rotatable bonds is 3. The molecule has 0 aliphatic carbocycles. The van der Waals surface area contributed by atoms with Crippen molar-refractivity contribution in [3.8, 4) is 5.75 Å². The molecule has 1 aromatic carbocycles. The maximum Gasteiger partial charge on any atom is 0.573 e. The number of aliphatic imine (C=N–C) groups is 1. The van der Waals surface area contributed by atoms with Crippen LogP contribution in [-0.4, -0.2) is 17.6 Å². The molecule has 1 aromatic heterocycles. The number of halogens is 4. The summed E-state index contributed by atoms with van der Waals surface area (Å²) in [5.41, 5.74) is 0.643. The van der Waals surface area contributed by atoms with Gasteiger partial charge in [-0.05, 0) is 57.9 Å². The van der Waals surface area contributed by atoms with E-state index in [1.807, 2.05) is 0 Å². The lowest BCUT2D eigenvalue weighted by molar-refractivity contribution is -0.274. The van der Waals surface area contributed by atoms with E-state index in [9.17, 15) is 13.2 Å². The van der Waals surface area contributed by atoms with Crippen LogP contribution in [0.3, 0.4) is 0 Å². The van der Waals surface area contributed by atoms with E-state index in [0.29, 0.717) is 11.4 Å². The highest BCUT2D eigenvalue weighted by atomic mass is 79.9. The van der Waals surface area contributed by atoms with Gasteiger partial charge in [-0.25, -0.2) is 9.98 Å². The van der Waals surface area contributed by atoms with Crippen molar-refractivity contribution in [1.29, 1.82) is 0 Å². The van der Waals surface area contributed by atoms with Gasteiger partial charge in [-0.15, -0.1) is 13.2 Å². The maximum atomic E-state index is 12.0. The maximum absolute atomic E-state index is 12.0. The molecule has 0 aliphatic rings. The third-order valence-corrected chi connectivity index (χ3v) is 2.64. The van der Waals surface area contributed by atoms with Gasteiger partial charge in [-0.3, -0.25) is 0 Å². The van der Waals surface area contributed by atoms with Crippen LogP contribution in [0.1, 0.15) is 5.56 Å². The molecule has 0 aliphatic heterocycles. The first-order valence-electron chi connectivity index (χ1n) is 5.44. The minimum atomic E-state index is -4.68. The fourth-order valence-corrected chi connectivity index (χ4v) is 1.58. The Morgan fingerprint density at radius 2 is 1.80 bits per heavy atom. The summed E-state index contributed by atoms with van der Waals surface area (Å²) >= 11 is 3.25. The molecule has 1 heterocycles. The average molecular weight is 345 g/mol. The van der Waals surface area contributed by atoms with Crippen LogP contribution in [0.25, 0.3) is 0 Å². The van der Waals surface area contributed by atoms with E-state index < -0.39 is 6.36 Å². The molecule has 0 radical (unpaired) electrons. The molecule has 7 heteroatoms. The van der Waals surface area contributed by atoms with Gasteiger partial charge in [0.25, 0.3) is 0 Å². The molecular formula is C13H8BrF3N2O. The Hall–Kier alpha value is -1.89. The SMILES string of the molecule is FC(F)(F)Oc1ccc(/C=N/c2ccc(Br)cn2)cc1. The van der Waals surface area contributed by atoms with E-state index in [1.54, 1.807) is 18.3 Å². The summed E-state index contributed by atoms with van der Waals surface area (Å²) in [5.74, 6) is 0.236. The summed E-state index contributed by atoms with van der Waals surface area (Å²) in [7, 11) is 0. The van der Waals surface area contributed by atoms with Gasteiger partial charge in [0.15, 0.2) is 5.82 Å². The lowest BCUT2D eigenvalue weighted by Gasteiger charge is -2.08. The molecule has 2 aromatic rings. The molecule has 0 saturated carbocycles. The smallest absolute Gasteiger partial charge is 0.406 e. The van der Waals surface area contributed by atoms with Gasteiger partial charge in [0, 0.05) is 16.9 Å². The second-order valence-electron chi connectivity index (χ2n) is 3.71. The quantitative estimate of drug-likeness (QED) is 0.768. The molecule has 3 nitrogen and oxygen atoms in total. The van der Waals surface area contributed by atoms with Gasteiger partial charge in [0.05, 0.1) is 0 Å². The van der Waals surface area contributed by atoms with Crippen molar-refractivity contribution in [2.45, 2.75) is 6.36 Å². The molecular weight excluding hydrogens is 337 g/mol. The predicted octanol–water partition coefficient (Wildman–Crippen LogP) is 4.49. The van der Waals surface area contributed by atoms with E-state index in [1.165, 1.54) is 30.5 Å². The normalized spacial score (nSPS) is 11.8. The number of ether oxygens (including phenoxy) is 1. The van der Waals surface area contributed by atoms with Gasteiger partial charge >= 0.3 is 6.36 Å². The highest BCUT2D eigenvalue weighted by Crippen LogP contribution is 2.22. The first-order chi connectivity index (χ1) is 9.42. The summed E-state index contributed by atoms with van der Waals surface area (Å²) in [6, 6.07) is 8.90. The molecule has 0 N–H and O–H groups in total. The zero-order valence-electron chi connectivity index (χ0n) is 9.93. The molecule has 0 unspecified atom stereocenters. The Morgan fingerprint density at radius 3 is 2.35 bits per heavy atom. The molecule has 104 valence electrons. The highest BCUT2D eigenvalue weighted by molar-refractivity contribution is 9.10. The zero-order chi connectivity index (χ0) is 14.6. The largest absolute Gasteiger partial charge is 0.573 e. The summed E-state index contributed by atoms with van der Waals surface area (Å²) in [6.07, 6.45) is -1.57. The minimum absolute atomic E-state index is 0.267.